The van der Waals surface area contributed by atoms with Gasteiger partial charge in [-0.15, -0.1) is 0 Å². The van der Waals surface area contributed by atoms with Gasteiger partial charge in [0, 0.05) is 44.8 Å². The lowest BCUT2D eigenvalue weighted by atomic mass is 9.63. The first-order chi connectivity index (χ1) is 31.3. The zero-order valence-electron chi connectivity index (χ0n) is 34.6. The van der Waals surface area contributed by atoms with Crippen LogP contribution in [-0.4, -0.2) is 9.13 Å². The molecule has 0 aliphatic heterocycles. The van der Waals surface area contributed by atoms with Crippen molar-refractivity contribution < 1.29 is 0 Å². The molecule has 63 heavy (non-hydrogen) atoms. The highest BCUT2D eigenvalue weighted by Crippen LogP contribution is 2.59. The summed E-state index contributed by atoms with van der Waals surface area (Å²) in [5.74, 6) is 0.542. The highest BCUT2D eigenvalue weighted by molar-refractivity contribution is 6.10. The summed E-state index contributed by atoms with van der Waals surface area (Å²) < 4.78 is 4.77. The van der Waals surface area contributed by atoms with E-state index < -0.39 is 0 Å². The number of hydrogen-bond acceptors (Lipinski definition) is 0. The van der Waals surface area contributed by atoms with E-state index >= 15 is 0 Å². The lowest BCUT2D eigenvalue weighted by Gasteiger charge is -2.39. The second-order valence-electron chi connectivity index (χ2n) is 17.2. The smallest absolute Gasteiger partial charge is 0.0541 e. The van der Waals surface area contributed by atoms with Crippen LogP contribution in [0.2, 0.25) is 0 Å². The molecule has 0 bridgehead atoms. The van der Waals surface area contributed by atoms with Gasteiger partial charge >= 0.3 is 0 Å². The van der Waals surface area contributed by atoms with Crippen LogP contribution in [0.25, 0.3) is 77.2 Å². The van der Waals surface area contributed by atoms with Crippen LogP contribution in [0, 0.1) is 5.92 Å². The number of hydrogen-bond donors (Lipinski definition) is 0. The third-order valence-electron chi connectivity index (χ3n) is 14.1. The molecule has 11 aromatic rings. The third-order valence-corrected chi connectivity index (χ3v) is 14.1. The van der Waals surface area contributed by atoms with Gasteiger partial charge in [0.25, 0.3) is 0 Å². The van der Waals surface area contributed by atoms with Gasteiger partial charge in [-0.2, -0.15) is 0 Å². The quantitative estimate of drug-likeness (QED) is 0.158. The standard InChI is InChI=1S/C61H42N2/c1-7-19-55-49(13-1)50-14-2-8-20-56(50)61(55,45-33-25-41(26-34-45)43-29-37-47(38-30-43)62-57-21-9-3-15-51(57)52-16-4-10-22-58(52)62)46-35-27-42(28-36-46)44-31-39-48(40-32-44)63-59-23-11-5-17-53(59)54-18-6-12-24-60(54)63/h1-40,49,55H. The van der Waals surface area contributed by atoms with E-state index in [1.54, 1.807) is 0 Å². The largest absolute Gasteiger partial charge is 0.309 e. The molecule has 13 rings (SSSR count). The maximum absolute atomic E-state index is 2.45. The van der Waals surface area contributed by atoms with Gasteiger partial charge in [0.15, 0.2) is 0 Å². The number of rotatable bonds is 6. The van der Waals surface area contributed by atoms with Crippen LogP contribution in [-0.2, 0) is 5.41 Å². The van der Waals surface area contributed by atoms with Crippen molar-refractivity contribution in [3.63, 3.8) is 0 Å². The van der Waals surface area contributed by atoms with Crippen LogP contribution in [0.3, 0.4) is 0 Å². The predicted octanol–water partition coefficient (Wildman–Crippen LogP) is 15.4. The summed E-state index contributed by atoms with van der Waals surface area (Å²) in [6, 6.07) is 81.0. The van der Waals surface area contributed by atoms with Gasteiger partial charge in [0.05, 0.1) is 27.5 Å². The lowest BCUT2D eigenvalue weighted by Crippen LogP contribution is -2.35. The minimum Gasteiger partial charge on any atom is -0.309 e. The number of aromatic nitrogens is 2. The summed E-state index contributed by atoms with van der Waals surface area (Å²) in [7, 11) is 0. The maximum Gasteiger partial charge on any atom is 0.0541 e. The van der Waals surface area contributed by atoms with Crippen molar-refractivity contribution in [2.24, 2.45) is 5.92 Å². The fourth-order valence-corrected chi connectivity index (χ4v) is 11.4. The van der Waals surface area contributed by atoms with E-state index in [1.165, 1.54) is 99.5 Å². The minimum atomic E-state index is -0.361. The average molecular weight is 803 g/mol. The van der Waals surface area contributed by atoms with Gasteiger partial charge in [0.2, 0.25) is 0 Å². The molecule has 296 valence electrons. The van der Waals surface area contributed by atoms with Gasteiger partial charge in [-0.3, -0.25) is 0 Å². The first-order valence-electron chi connectivity index (χ1n) is 22.1. The molecule has 0 saturated carbocycles. The van der Waals surface area contributed by atoms with Crippen molar-refractivity contribution in [2.45, 2.75) is 11.3 Å². The van der Waals surface area contributed by atoms with Gasteiger partial charge in [-0.25, -0.2) is 0 Å². The molecule has 2 heteroatoms. The highest BCUT2D eigenvalue weighted by atomic mass is 15.0. The van der Waals surface area contributed by atoms with E-state index in [2.05, 4.69) is 252 Å². The van der Waals surface area contributed by atoms with E-state index in [0.29, 0.717) is 5.92 Å². The SMILES string of the molecule is C1=CC2c3ccccc3C(c3ccc(-c4ccc(-n5c6ccccc6c6ccccc65)cc4)cc3)(c3ccc(-c4ccc(-n5c6ccccc6c6ccccc65)cc4)cc3)C2C=C1. The van der Waals surface area contributed by atoms with Crippen LogP contribution in [0.15, 0.2) is 243 Å². The van der Waals surface area contributed by atoms with E-state index in [0.717, 1.165) is 0 Å². The Labute approximate surface area is 367 Å². The van der Waals surface area contributed by atoms with Crippen molar-refractivity contribution in [1.82, 2.24) is 9.13 Å². The van der Waals surface area contributed by atoms with Gasteiger partial charge in [-0.05, 0) is 93.0 Å². The van der Waals surface area contributed by atoms with Crippen LogP contribution < -0.4 is 0 Å². The topological polar surface area (TPSA) is 9.86 Å². The molecule has 2 atom stereocenters. The molecule has 2 aliphatic carbocycles. The van der Waals surface area contributed by atoms with Crippen molar-refractivity contribution >= 4 is 43.6 Å². The molecule has 0 saturated heterocycles. The van der Waals surface area contributed by atoms with Crippen molar-refractivity contribution in [1.29, 1.82) is 0 Å². The summed E-state index contributed by atoms with van der Waals surface area (Å²) in [4.78, 5) is 0. The molecular formula is C61H42N2. The molecule has 2 nitrogen and oxygen atoms in total. The summed E-state index contributed by atoms with van der Waals surface area (Å²) in [6.07, 6.45) is 9.34. The normalized spacial score (nSPS) is 16.3. The van der Waals surface area contributed by atoms with Gasteiger partial charge in [0.1, 0.15) is 0 Å². The van der Waals surface area contributed by atoms with Crippen LogP contribution >= 0.6 is 0 Å². The number of fused-ring (bicyclic) bond motifs is 9. The molecule has 0 amide bonds. The first kappa shape index (κ1) is 35.8. The monoisotopic (exact) mass is 802 g/mol. The molecule has 2 unspecified atom stereocenters. The molecule has 0 radical (unpaired) electrons. The van der Waals surface area contributed by atoms with E-state index in [1.807, 2.05) is 0 Å². The van der Waals surface area contributed by atoms with E-state index in [-0.39, 0.29) is 11.3 Å². The fraction of sp³-hybridized carbons (Fsp3) is 0.0492. The molecule has 2 aliphatic rings. The maximum atomic E-state index is 2.45. The second kappa shape index (κ2) is 14.1. The zero-order chi connectivity index (χ0) is 41.5. The van der Waals surface area contributed by atoms with Crippen molar-refractivity contribution in [2.75, 3.05) is 0 Å². The Morgan fingerprint density at radius 1 is 0.317 bits per heavy atom. The molecule has 9 aromatic carbocycles. The third kappa shape index (κ3) is 5.31. The minimum absolute atomic E-state index is 0.243. The molecular weight excluding hydrogens is 761 g/mol. The second-order valence-corrected chi connectivity index (χ2v) is 17.2. The molecule has 0 N–H and O–H groups in total. The molecule has 2 heterocycles. The molecule has 2 aromatic heterocycles. The van der Waals surface area contributed by atoms with E-state index in [9.17, 15) is 0 Å². The van der Waals surface area contributed by atoms with Gasteiger partial charge < -0.3 is 9.13 Å². The summed E-state index contributed by atoms with van der Waals surface area (Å²) >= 11 is 0. The predicted molar refractivity (Wildman–Crippen MR) is 263 cm³/mol. The Hall–Kier alpha value is -7.94. The van der Waals surface area contributed by atoms with Crippen LogP contribution in [0.1, 0.15) is 28.2 Å². The Bertz CT molecular complexity index is 3290. The Balaban J connectivity index is 0.871. The zero-order valence-corrected chi connectivity index (χ0v) is 34.6. The summed E-state index contributed by atoms with van der Waals surface area (Å²) in [5, 5.41) is 5.11. The lowest BCUT2D eigenvalue weighted by molar-refractivity contribution is 0.457. The Morgan fingerprint density at radius 3 is 1.10 bits per heavy atom. The highest BCUT2D eigenvalue weighted by Gasteiger charge is 2.52. The number of nitrogens with zero attached hydrogens (tertiary/aromatic N) is 2. The average Bonchev–Trinajstić information content (AvgIpc) is 3.99. The van der Waals surface area contributed by atoms with Crippen molar-refractivity contribution in [3.8, 4) is 33.6 Å². The summed E-state index contributed by atoms with van der Waals surface area (Å²) in [6.45, 7) is 0. The van der Waals surface area contributed by atoms with Crippen LogP contribution in [0.4, 0.5) is 0 Å². The molecule has 0 spiro atoms. The first-order valence-corrected chi connectivity index (χ1v) is 22.1. The molecule has 0 fully saturated rings. The van der Waals surface area contributed by atoms with E-state index in [4.69, 9.17) is 0 Å². The number of benzene rings is 9. The van der Waals surface area contributed by atoms with Crippen molar-refractivity contribution in [3.05, 3.63) is 265 Å². The Morgan fingerprint density at radius 2 is 0.667 bits per heavy atom. The Kier molecular flexibility index (Phi) is 7.98. The number of para-hydroxylation sites is 4. The van der Waals surface area contributed by atoms with Crippen LogP contribution in [0.5, 0.6) is 0 Å². The van der Waals surface area contributed by atoms with Gasteiger partial charge in [-0.1, -0.05) is 194 Å². The fourth-order valence-electron chi connectivity index (χ4n) is 11.4. The number of allylic oxidation sites excluding steroid dienone is 4. The summed E-state index contributed by atoms with van der Waals surface area (Å²) in [5.41, 5.74) is 17.2.